The van der Waals surface area contributed by atoms with E-state index in [0.717, 1.165) is 12.0 Å². The molecular weight excluding hydrogens is 358 g/mol. The summed E-state index contributed by atoms with van der Waals surface area (Å²) in [5.74, 6) is -1.31. The number of aliphatic carboxylic acids is 1. The van der Waals surface area contributed by atoms with E-state index in [1.807, 2.05) is 24.3 Å². The average molecular weight is 392 g/mol. The van der Waals surface area contributed by atoms with Crippen LogP contribution in [-0.4, -0.2) is 36.1 Å². The van der Waals surface area contributed by atoms with E-state index in [4.69, 9.17) is 9.84 Å². The summed E-state index contributed by atoms with van der Waals surface area (Å²) < 4.78 is 5.24. The van der Waals surface area contributed by atoms with E-state index < -0.39 is 11.4 Å². The van der Waals surface area contributed by atoms with Gasteiger partial charge in [0.1, 0.15) is 6.61 Å². The Bertz CT molecular complexity index is 664. The minimum atomic E-state index is -0.941. The summed E-state index contributed by atoms with van der Waals surface area (Å²) in [6.45, 7) is 9.59. The average Bonchev–Trinajstić information content (AvgIpc) is 2.63. The SMILES string of the molecule is CC(C)Cc1ccc(C(C)C(=O)OCCNC(=O)CCC(C)(C)C(=O)O)cc1. The molecule has 28 heavy (non-hydrogen) atoms. The van der Waals surface area contributed by atoms with Crippen molar-refractivity contribution in [1.82, 2.24) is 5.32 Å². The number of hydrogen-bond acceptors (Lipinski definition) is 4. The molecular formula is C22H33NO5. The summed E-state index contributed by atoms with van der Waals surface area (Å²) in [6.07, 6.45) is 1.37. The molecule has 1 unspecified atom stereocenters. The minimum Gasteiger partial charge on any atom is -0.481 e. The number of carboxylic acids is 1. The van der Waals surface area contributed by atoms with Crippen molar-refractivity contribution < 1.29 is 24.2 Å². The molecule has 0 bridgehead atoms. The lowest BCUT2D eigenvalue weighted by Crippen LogP contribution is -2.31. The summed E-state index contributed by atoms with van der Waals surface area (Å²) in [6, 6.07) is 7.99. The van der Waals surface area contributed by atoms with Crippen LogP contribution in [0, 0.1) is 11.3 Å². The topological polar surface area (TPSA) is 92.7 Å². The number of rotatable bonds is 11. The Hall–Kier alpha value is -2.37. The summed E-state index contributed by atoms with van der Waals surface area (Å²) >= 11 is 0. The first-order chi connectivity index (χ1) is 13.0. The summed E-state index contributed by atoms with van der Waals surface area (Å²) in [5, 5.41) is 11.7. The predicted octanol–water partition coefficient (Wildman–Crippen LogP) is 3.54. The van der Waals surface area contributed by atoms with Gasteiger partial charge >= 0.3 is 11.9 Å². The van der Waals surface area contributed by atoms with Crippen molar-refractivity contribution in [3.8, 4) is 0 Å². The van der Waals surface area contributed by atoms with Crippen LogP contribution in [0.15, 0.2) is 24.3 Å². The van der Waals surface area contributed by atoms with Gasteiger partial charge in [-0.15, -0.1) is 0 Å². The van der Waals surface area contributed by atoms with Gasteiger partial charge in [-0.25, -0.2) is 0 Å². The molecule has 0 aromatic heterocycles. The highest BCUT2D eigenvalue weighted by atomic mass is 16.5. The maximum absolute atomic E-state index is 12.2. The van der Waals surface area contributed by atoms with E-state index in [9.17, 15) is 14.4 Å². The van der Waals surface area contributed by atoms with E-state index in [1.54, 1.807) is 20.8 Å². The quantitative estimate of drug-likeness (QED) is 0.445. The van der Waals surface area contributed by atoms with E-state index in [2.05, 4.69) is 19.2 Å². The van der Waals surface area contributed by atoms with Gasteiger partial charge in [0.25, 0.3) is 0 Å². The van der Waals surface area contributed by atoms with Gasteiger partial charge in [0.15, 0.2) is 0 Å². The zero-order valence-corrected chi connectivity index (χ0v) is 17.6. The Morgan fingerprint density at radius 2 is 1.71 bits per heavy atom. The third-order valence-electron chi connectivity index (χ3n) is 4.70. The molecule has 156 valence electrons. The maximum atomic E-state index is 12.2. The number of amides is 1. The number of carboxylic acid groups (broad SMARTS) is 1. The molecule has 1 aromatic carbocycles. The van der Waals surface area contributed by atoms with Gasteiger partial charge in [0.2, 0.25) is 5.91 Å². The lowest BCUT2D eigenvalue weighted by Gasteiger charge is -2.18. The number of ether oxygens (including phenoxy) is 1. The zero-order chi connectivity index (χ0) is 21.3. The van der Waals surface area contributed by atoms with Crippen molar-refractivity contribution >= 4 is 17.8 Å². The van der Waals surface area contributed by atoms with Gasteiger partial charge < -0.3 is 15.2 Å². The minimum absolute atomic E-state index is 0.0860. The van der Waals surface area contributed by atoms with Crippen molar-refractivity contribution in [2.75, 3.05) is 13.2 Å². The maximum Gasteiger partial charge on any atom is 0.313 e. The molecule has 0 aliphatic rings. The normalized spacial score (nSPS) is 12.5. The first kappa shape index (κ1) is 23.7. The molecule has 2 N–H and O–H groups in total. The van der Waals surface area contributed by atoms with E-state index in [1.165, 1.54) is 5.56 Å². The van der Waals surface area contributed by atoms with Crippen LogP contribution in [0.25, 0.3) is 0 Å². The lowest BCUT2D eigenvalue weighted by atomic mass is 9.88. The molecule has 1 atom stereocenters. The zero-order valence-electron chi connectivity index (χ0n) is 17.6. The Morgan fingerprint density at radius 1 is 1.11 bits per heavy atom. The monoisotopic (exact) mass is 391 g/mol. The van der Waals surface area contributed by atoms with Crippen LogP contribution in [0.5, 0.6) is 0 Å². The standard InChI is InChI=1S/C22H33NO5/c1-15(2)14-17-6-8-18(9-7-17)16(3)20(25)28-13-12-23-19(24)10-11-22(4,5)21(26)27/h6-9,15-16H,10-14H2,1-5H3,(H,23,24)(H,26,27). The van der Waals surface area contributed by atoms with Crippen molar-refractivity contribution in [2.45, 2.75) is 59.8 Å². The molecule has 0 saturated heterocycles. The van der Waals surface area contributed by atoms with E-state index in [-0.39, 0.29) is 43.8 Å². The molecule has 0 fully saturated rings. The van der Waals surface area contributed by atoms with E-state index in [0.29, 0.717) is 5.92 Å². The molecule has 0 heterocycles. The Balaban J connectivity index is 2.34. The second kappa shape index (κ2) is 10.8. The number of esters is 1. The van der Waals surface area contributed by atoms with E-state index >= 15 is 0 Å². The lowest BCUT2D eigenvalue weighted by molar-refractivity contribution is -0.148. The molecule has 6 nitrogen and oxygen atoms in total. The highest BCUT2D eigenvalue weighted by Gasteiger charge is 2.27. The Labute approximate surface area is 167 Å². The third-order valence-corrected chi connectivity index (χ3v) is 4.70. The van der Waals surface area contributed by atoms with Crippen LogP contribution < -0.4 is 5.32 Å². The van der Waals surface area contributed by atoms with Crippen LogP contribution in [-0.2, 0) is 25.5 Å². The molecule has 1 aromatic rings. The first-order valence-electron chi connectivity index (χ1n) is 9.78. The summed E-state index contributed by atoms with van der Waals surface area (Å²) in [4.78, 5) is 35.0. The fourth-order valence-electron chi connectivity index (χ4n) is 2.64. The Kier molecular flexibility index (Phi) is 9.16. The third kappa shape index (κ3) is 8.11. The van der Waals surface area contributed by atoms with Crippen LogP contribution >= 0.6 is 0 Å². The fraction of sp³-hybridized carbons (Fsp3) is 0.591. The van der Waals surface area contributed by atoms with Gasteiger partial charge in [-0.3, -0.25) is 14.4 Å². The van der Waals surface area contributed by atoms with Gasteiger partial charge in [0.05, 0.1) is 17.9 Å². The summed E-state index contributed by atoms with van der Waals surface area (Å²) in [7, 11) is 0. The smallest absolute Gasteiger partial charge is 0.313 e. The van der Waals surface area contributed by atoms with Gasteiger partial charge in [-0.1, -0.05) is 38.1 Å². The van der Waals surface area contributed by atoms with Crippen molar-refractivity contribution in [2.24, 2.45) is 11.3 Å². The largest absolute Gasteiger partial charge is 0.481 e. The summed E-state index contributed by atoms with van der Waals surface area (Å²) in [5.41, 5.74) is 1.20. The highest BCUT2D eigenvalue weighted by Crippen LogP contribution is 2.22. The number of benzene rings is 1. The molecule has 6 heteroatoms. The second-order valence-corrected chi connectivity index (χ2v) is 8.27. The molecule has 0 saturated carbocycles. The molecule has 0 aliphatic heterocycles. The van der Waals surface area contributed by atoms with Crippen molar-refractivity contribution in [3.63, 3.8) is 0 Å². The predicted molar refractivity (Wildman–Crippen MR) is 108 cm³/mol. The number of carbonyl (C=O) groups is 3. The van der Waals surface area contributed by atoms with Crippen LogP contribution in [0.3, 0.4) is 0 Å². The highest BCUT2D eigenvalue weighted by molar-refractivity contribution is 5.79. The Morgan fingerprint density at radius 3 is 2.25 bits per heavy atom. The molecule has 1 amide bonds. The number of nitrogens with one attached hydrogen (secondary N) is 1. The van der Waals surface area contributed by atoms with Crippen LogP contribution in [0.4, 0.5) is 0 Å². The number of hydrogen-bond donors (Lipinski definition) is 2. The van der Waals surface area contributed by atoms with Gasteiger partial charge in [0, 0.05) is 6.42 Å². The fourth-order valence-corrected chi connectivity index (χ4v) is 2.64. The molecule has 0 radical (unpaired) electrons. The molecule has 0 aliphatic carbocycles. The molecule has 1 rings (SSSR count). The van der Waals surface area contributed by atoms with Crippen LogP contribution in [0.1, 0.15) is 64.5 Å². The van der Waals surface area contributed by atoms with Crippen molar-refractivity contribution in [3.05, 3.63) is 35.4 Å². The number of carbonyl (C=O) groups excluding carboxylic acids is 2. The van der Waals surface area contributed by atoms with Gasteiger partial charge in [-0.2, -0.15) is 0 Å². The van der Waals surface area contributed by atoms with Gasteiger partial charge in [-0.05, 0) is 50.7 Å². The van der Waals surface area contributed by atoms with Crippen molar-refractivity contribution in [1.29, 1.82) is 0 Å². The van der Waals surface area contributed by atoms with Crippen LogP contribution in [0.2, 0.25) is 0 Å². The second-order valence-electron chi connectivity index (χ2n) is 8.27. The first-order valence-corrected chi connectivity index (χ1v) is 9.78. The molecule has 0 spiro atoms.